The summed E-state index contributed by atoms with van der Waals surface area (Å²) in [5.41, 5.74) is 0. The van der Waals surface area contributed by atoms with Crippen LogP contribution in [0.25, 0.3) is 0 Å². The third-order valence-corrected chi connectivity index (χ3v) is 5.39. The van der Waals surface area contributed by atoms with E-state index in [2.05, 4.69) is 21.3 Å². The van der Waals surface area contributed by atoms with Gasteiger partial charge in [0.15, 0.2) is 0 Å². The number of aliphatic imine (C=N–C) groups is 2. The Morgan fingerprint density at radius 1 is 1.12 bits per heavy atom. The number of alkyl carbamates (subject to hydrolysis) is 1. The molecule has 2 aliphatic rings. The van der Waals surface area contributed by atoms with Gasteiger partial charge in [0.25, 0.3) is 0 Å². The Kier molecular flexibility index (Phi) is 8.98. The molecule has 0 heterocycles. The van der Waals surface area contributed by atoms with Crippen LogP contribution in [0.3, 0.4) is 0 Å². The first-order chi connectivity index (χ1) is 12.2. The molecule has 6 nitrogen and oxygen atoms in total. The number of amides is 1. The molecule has 2 aliphatic carbocycles. The van der Waals surface area contributed by atoms with Crippen LogP contribution in [0.4, 0.5) is 4.79 Å². The minimum absolute atomic E-state index is 0.249. The molecule has 0 spiro atoms. The molecule has 2 rings (SSSR count). The van der Waals surface area contributed by atoms with Crippen LogP contribution in [0.2, 0.25) is 0 Å². The van der Waals surface area contributed by atoms with Crippen molar-refractivity contribution >= 4 is 12.1 Å². The predicted molar refractivity (Wildman–Crippen MR) is 98.3 cm³/mol. The number of hydrogen-bond donors (Lipinski definition) is 1. The molecule has 1 amide bonds. The van der Waals surface area contributed by atoms with E-state index in [1.807, 2.05) is 0 Å². The standard InChI is InChI=1S/C19H33N3O3/c1-20-14-21-17-7-3-5-15(12-17)11-16-6-4-8-18(13-16)22-19(23)25-10-9-24-2/h15-18H,3-13H2,1-2H3,(H,22,23). The molecule has 25 heavy (non-hydrogen) atoms. The van der Waals surface area contributed by atoms with Crippen LogP contribution in [0.1, 0.15) is 57.8 Å². The molecule has 2 saturated carbocycles. The number of rotatable bonds is 7. The van der Waals surface area contributed by atoms with Gasteiger partial charge in [-0.05, 0) is 43.9 Å². The summed E-state index contributed by atoms with van der Waals surface area (Å²) in [7, 11) is 3.32. The van der Waals surface area contributed by atoms with E-state index < -0.39 is 0 Å². The fraction of sp³-hybridized carbons (Fsp3) is 0.895. The summed E-state index contributed by atoms with van der Waals surface area (Å²) < 4.78 is 10.0. The van der Waals surface area contributed by atoms with Crippen LogP contribution in [-0.4, -0.2) is 51.6 Å². The average molecular weight is 351 g/mol. The van der Waals surface area contributed by atoms with Gasteiger partial charge in [-0.2, -0.15) is 0 Å². The highest BCUT2D eigenvalue weighted by atomic mass is 16.6. The lowest BCUT2D eigenvalue weighted by atomic mass is 9.75. The van der Waals surface area contributed by atoms with Crippen molar-refractivity contribution in [1.29, 1.82) is 0 Å². The van der Waals surface area contributed by atoms with Crippen molar-refractivity contribution < 1.29 is 14.3 Å². The summed E-state index contributed by atoms with van der Waals surface area (Å²) in [6, 6.07) is 3.42. The fourth-order valence-electron chi connectivity index (χ4n) is 4.27. The van der Waals surface area contributed by atoms with Crippen molar-refractivity contribution in [3.8, 4) is 0 Å². The number of ether oxygens (including phenoxy) is 2. The van der Waals surface area contributed by atoms with Crippen molar-refractivity contribution in [2.75, 3.05) is 27.4 Å². The first-order valence-electron chi connectivity index (χ1n) is 9.67. The van der Waals surface area contributed by atoms with Crippen LogP contribution in [-0.2, 0) is 9.47 Å². The largest absolute Gasteiger partial charge is 0.447 e. The lowest BCUT2D eigenvalue weighted by Crippen LogP contribution is -2.39. The molecular formula is C19H33N3O3. The Bertz CT molecular complexity index is 463. The zero-order chi connectivity index (χ0) is 17.9. The molecule has 0 aliphatic heterocycles. The van der Waals surface area contributed by atoms with Crippen LogP contribution < -0.4 is 5.32 Å². The van der Waals surface area contributed by atoms with E-state index in [4.69, 9.17) is 9.47 Å². The van der Waals surface area contributed by atoms with Crippen molar-refractivity contribution in [1.82, 2.24) is 5.32 Å². The molecule has 6 heteroatoms. The summed E-state index contributed by atoms with van der Waals surface area (Å²) in [5.74, 6) is 1.45. The molecule has 142 valence electrons. The van der Waals surface area contributed by atoms with Crippen molar-refractivity contribution in [2.45, 2.75) is 69.9 Å². The lowest BCUT2D eigenvalue weighted by molar-refractivity contribution is 0.0934. The summed E-state index contributed by atoms with van der Waals surface area (Å²) in [5, 5.41) is 3.02. The highest BCUT2D eigenvalue weighted by Gasteiger charge is 2.28. The van der Waals surface area contributed by atoms with Gasteiger partial charge in [0.1, 0.15) is 6.61 Å². The van der Waals surface area contributed by atoms with Gasteiger partial charge >= 0.3 is 6.09 Å². The van der Waals surface area contributed by atoms with E-state index in [0.717, 1.165) is 25.2 Å². The molecule has 2 fully saturated rings. The molecule has 4 unspecified atom stereocenters. The van der Waals surface area contributed by atoms with Gasteiger partial charge in [-0.25, -0.2) is 14.8 Å². The van der Waals surface area contributed by atoms with Gasteiger partial charge < -0.3 is 14.8 Å². The maximum atomic E-state index is 11.8. The second kappa shape index (κ2) is 11.3. The van der Waals surface area contributed by atoms with E-state index in [1.165, 1.54) is 38.5 Å². The summed E-state index contributed by atoms with van der Waals surface area (Å²) >= 11 is 0. The van der Waals surface area contributed by atoms with Crippen molar-refractivity contribution in [3.05, 3.63) is 0 Å². The van der Waals surface area contributed by atoms with Crippen LogP contribution in [0, 0.1) is 11.8 Å². The smallest absolute Gasteiger partial charge is 0.407 e. The van der Waals surface area contributed by atoms with Gasteiger partial charge in [0.2, 0.25) is 0 Å². The first kappa shape index (κ1) is 19.9. The SMILES string of the molecule is CN=C=NC1CCCC(CC2CCCC(NC(=O)OCCOC)C2)C1. The molecule has 0 aromatic carbocycles. The third-order valence-electron chi connectivity index (χ3n) is 5.39. The highest BCUT2D eigenvalue weighted by Crippen LogP contribution is 2.36. The highest BCUT2D eigenvalue weighted by molar-refractivity contribution is 5.67. The van der Waals surface area contributed by atoms with E-state index in [-0.39, 0.29) is 12.1 Å². The number of hydrogen-bond acceptors (Lipinski definition) is 5. The Balaban J connectivity index is 1.73. The van der Waals surface area contributed by atoms with Gasteiger partial charge in [0, 0.05) is 20.2 Å². The van der Waals surface area contributed by atoms with Gasteiger partial charge in [-0.3, -0.25) is 0 Å². The average Bonchev–Trinajstić information content (AvgIpc) is 2.61. The van der Waals surface area contributed by atoms with Crippen LogP contribution in [0.15, 0.2) is 9.98 Å². The zero-order valence-electron chi connectivity index (χ0n) is 15.7. The quantitative estimate of drug-likeness (QED) is 0.562. The second-order valence-electron chi connectivity index (χ2n) is 7.38. The molecular weight excluding hydrogens is 318 g/mol. The van der Waals surface area contributed by atoms with Gasteiger partial charge in [0.05, 0.1) is 18.7 Å². The van der Waals surface area contributed by atoms with Crippen LogP contribution in [0.5, 0.6) is 0 Å². The molecule has 0 aromatic rings. The topological polar surface area (TPSA) is 72.3 Å². The Morgan fingerprint density at radius 3 is 2.64 bits per heavy atom. The van der Waals surface area contributed by atoms with Gasteiger partial charge in [-0.15, -0.1) is 0 Å². The number of carbonyl (C=O) groups is 1. The van der Waals surface area contributed by atoms with Crippen LogP contribution >= 0.6 is 0 Å². The van der Waals surface area contributed by atoms with E-state index in [0.29, 0.717) is 25.2 Å². The Labute approximate surface area is 151 Å². The maximum absolute atomic E-state index is 11.8. The summed E-state index contributed by atoms with van der Waals surface area (Å²) in [6.45, 7) is 0.748. The van der Waals surface area contributed by atoms with Gasteiger partial charge in [-0.1, -0.05) is 25.7 Å². The fourth-order valence-corrected chi connectivity index (χ4v) is 4.27. The molecule has 0 bridgehead atoms. The second-order valence-corrected chi connectivity index (χ2v) is 7.38. The summed E-state index contributed by atoms with van der Waals surface area (Å²) in [6.07, 6.45) is 10.4. The first-order valence-corrected chi connectivity index (χ1v) is 9.67. The Morgan fingerprint density at radius 2 is 1.88 bits per heavy atom. The summed E-state index contributed by atoms with van der Waals surface area (Å²) in [4.78, 5) is 20.1. The molecule has 0 radical (unpaired) electrons. The Hall–Kier alpha value is -1.39. The zero-order valence-corrected chi connectivity index (χ0v) is 15.7. The number of nitrogens with zero attached hydrogens (tertiary/aromatic N) is 2. The number of methoxy groups -OCH3 is 1. The van der Waals surface area contributed by atoms with E-state index >= 15 is 0 Å². The minimum atomic E-state index is -0.311. The number of carbonyl (C=O) groups excluding carboxylic acids is 1. The third kappa shape index (κ3) is 7.57. The van der Waals surface area contributed by atoms with Crippen molar-refractivity contribution in [3.63, 3.8) is 0 Å². The predicted octanol–water partition coefficient (Wildman–Crippen LogP) is 3.67. The lowest BCUT2D eigenvalue weighted by Gasteiger charge is -2.34. The molecule has 4 atom stereocenters. The molecule has 0 aromatic heterocycles. The normalized spacial score (nSPS) is 29.4. The molecule has 1 N–H and O–H groups in total. The maximum Gasteiger partial charge on any atom is 0.407 e. The van der Waals surface area contributed by atoms with E-state index in [1.54, 1.807) is 14.2 Å². The minimum Gasteiger partial charge on any atom is -0.447 e. The monoisotopic (exact) mass is 351 g/mol. The van der Waals surface area contributed by atoms with E-state index in [9.17, 15) is 4.79 Å². The molecule has 0 saturated heterocycles. The van der Waals surface area contributed by atoms with Crippen molar-refractivity contribution in [2.24, 2.45) is 21.8 Å². The number of nitrogens with one attached hydrogen (secondary N) is 1.